The summed E-state index contributed by atoms with van der Waals surface area (Å²) in [5.41, 5.74) is 0.834. The first-order valence-corrected chi connectivity index (χ1v) is 9.58. The number of aromatic nitrogens is 1. The highest BCUT2D eigenvalue weighted by Crippen LogP contribution is 2.41. The largest absolute Gasteiger partial charge is 0.506 e. The molecule has 4 rings (SSSR count). The van der Waals surface area contributed by atoms with E-state index in [1.807, 2.05) is 28.5 Å². The van der Waals surface area contributed by atoms with E-state index in [0.717, 1.165) is 36.6 Å². The van der Waals surface area contributed by atoms with Gasteiger partial charge in [0.05, 0.1) is 11.7 Å². The summed E-state index contributed by atoms with van der Waals surface area (Å²) in [5, 5.41) is 16.1. The lowest BCUT2D eigenvalue weighted by atomic mass is 10.2. The minimum Gasteiger partial charge on any atom is -0.506 e. The lowest BCUT2D eigenvalue weighted by Crippen LogP contribution is -2.52. The van der Waals surface area contributed by atoms with E-state index in [9.17, 15) is 9.90 Å². The molecule has 2 amide bonds. The summed E-state index contributed by atoms with van der Waals surface area (Å²) in [7, 11) is 0. The lowest BCUT2D eigenvalue weighted by molar-refractivity contribution is 0.188. The predicted octanol–water partition coefficient (Wildman–Crippen LogP) is 2.83. The Balaban J connectivity index is 1.36. The predicted molar refractivity (Wildman–Crippen MR) is 98.0 cm³/mol. The Labute approximate surface area is 151 Å². The fourth-order valence-corrected chi connectivity index (χ4v) is 4.09. The van der Waals surface area contributed by atoms with Gasteiger partial charge in [0.25, 0.3) is 0 Å². The number of rotatable bonds is 4. The summed E-state index contributed by atoms with van der Waals surface area (Å²) < 4.78 is 0. The van der Waals surface area contributed by atoms with Crippen molar-refractivity contribution >= 4 is 23.1 Å². The van der Waals surface area contributed by atoms with E-state index in [1.165, 1.54) is 0 Å². The Morgan fingerprint density at radius 1 is 1.24 bits per heavy atom. The molecule has 1 aliphatic carbocycles. The highest BCUT2D eigenvalue weighted by Gasteiger charge is 2.36. The van der Waals surface area contributed by atoms with Gasteiger partial charge < -0.3 is 20.2 Å². The third kappa shape index (κ3) is 3.56. The number of piperazine rings is 1. The molecule has 0 radical (unpaired) electrons. The van der Waals surface area contributed by atoms with Crippen LogP contribution in [0.1, 0.15) is 23.9 Å². The number of nitrogens with one attached hydrogen (secondary N) is 1. The standard InChI is InChI=1S/C18H22N4O2S/c23-15-4-2-1-3-14(15)21-8-10-22(11-9-21)18(24)20-16(13-5-6-13)17-19-7-12-25-17/h1-4,7,12-13,16,23H,5-6,8-11H2,(H,20,24). The maximum Gasteiger partial charge on any atom is 0.318 e. The lowest BCUT2D eigenvalue weighted by Gasteiger charge is -2.36. The highest BCUT2D eigenvalue weighted by atomic mass is 32.1. The maximum atomic E-state index is 12.7. The number of aromatic hydroxyl groups is 1. The van der Waals surface area contributed by atoms with Crippen LogP contribution in [0, 0.1) is 5.92 Å². The van der Waals surface area contributed by atoms with Gasteiger partial charge in [-0.15, -0.1) is 11.3 Å². The Hall–Kier alpha value is -2.28. The van der Waals surface area contributed by atoms with Crippen LogP contribution < -0.4 is 10.2 Å². The summed E-state index contributed by atoms with van der Waals surface area (Å²) >= 11 is 1.61. The van der Waals surface area contributed by atoms with Crippen LogP contribution in [0.3, 0.4) is 0 Å². The first kappa shape index (κ1) is 16.2. The van der Waals surface area contributed by atoms with Gasteiger partial charge >= 0.3 is 6.03 Å². The van der Waals surface area contributed by atoms with Gasteiger partial charge in [0, 0.05) is 37.8 Å². The normalized spacial score (nSPS) is 18.9. The van der Waals surface area contributed by atoms with Crippen molar-refractivity contribution in [3.63, 3.8) is 0 Å². The van der Waals surface area contributed by atoms with Gasteiger partial charge in [-0.2, -0.15) is 0 Å². The second-order valence-corrected chi connectivity index (χ2v) is 7.52. The molecule has 132 valence electrons. The third-order valence-corrected chi connectivity index (χ3v) is 5.74. The number of carbonyl (C=O) groups excluding carboxylic acids is 1. The molecular weight excluding hydrogens is 336 g/mol. The number of thiazole rings is 1. The molecular formula is C18H22N4O2S. The van der Waals surface area contributed by atoms with Crippen molar-refractivity contribution in [3.05, 3.63) is 40.8 Å². The van der Waals surface area contributed by atoms with Crippen molar-refractivity contribution in [1.82, 2.24) is 15.2 Å². The Morgan fingerprint density at radius 3 is 2.64 bits per heavy atom. The summed E-state index contributed by atoms with van der Waals surface area (Å²) in [6, 6.07) is 7.38. The summed E-state index contributed by atoms with van der Waals surface area (Å²) in [4.78, 5) is 21.0. The maximum absolute atomic E-state index is 12.7. The average Bonchev–Trinajstić information content (AvgIpc) is 3.34. The molecule has 2 fully saturated rings. The first-order chi connectivity index (χ1) is 12.2. The SMILES string of the molecule is O=C(NC(c1nccs1)C1CC1)N1CCN(c2ccccc2O)CC1. The molecule has 2 aliphatic rings. The average molecular weight is 358 g/mol. The first-order valence-electron chi connectivity index (χ1n) is 8.70. The van der Waals surface area contributed by atoms with E-state index in [1.54, 1.807) is 23.6 Å². The van der Waals surface area contributed by atoms with E-state index >= 15 is 0 Å². The molecule has 1 saturated carbocycles. The quantitative estimate of drug-likeness (QED) is 0.882. The van der Waals surface area contributed by atoms with Crippen LogP contribution >= 0.6 is 11.3 Å². The van der Waals surface area contributed by atoms with Gasteiger partial charge in [-0.3, -0.25) is 0 Å². The van der Waals surface area contributed by atoms with Gasteiger partial charge in [-0.05, 0) is 30.9 Å². The molecule has 1 saturated heterocycles. The number of carbonyl (C=O) groups is 1. The number of urea groups is 1. The van der Waals surface area contributed by atoms with E-state index in [4.69, 9.17) is 0 Å². The van der Waals surface area contributed by atoms with Crippen LogP contribution in [0.25, 0.3) is 0 Å². The van der Waals surface area contributed by atoms with Crippen LogP contribution in [0.5, 0.6) is 5.75 Å². The molecule has 1 aromatic carbocycles. The van der Waals surface area contributed by atoms with Crippen molar-refractivity contribution < 1.29 is 9.90 Å². The van der Waals surface area contributed by atoms with Gasteiger partial charge in [0.2, 0.25) is 0 Å². The van der Waals surface area contributed by atoms with E-state index in [2.05, 4.69) is 15.2 Å². The smallest absolute Gasteiger partial charge is 0.318 e. The van der Waals surface area contributed by atoms with Crippen LogP contribution in [0.2, 0.25) is 0 Å². The fraction of sp³-hybridized carbons (Fsp3) is 0.444. The Morgan fingerprint density at radius 2 is 2.00 bits per heavy atom. The summed E-state index contributed by atoms with van der Waals surface area (Å²) in [6.45, 7) is 2.73. The summed E-state index contributed by atoms with van der Waals surface area (Å²) in [5.74, 6) is 0.815. The molecule has 6 nitrogen and oxygen atoms in total. The number of amides is 2. The number of hydrogen-bond donors (Lipinski definition) is 2. The van der Waals surface area contributed by atoms with Crippen LogP contribution in [0.4, 0.5) is 10.5 Å². The van der Waals surface area contributed by atoms with E-state index in [-0.39, 0.29) is 17.8 Å². The molecule has 25 heavy (non-hydrogen) atoms. The molecule has 0 bridgehead atoms. The minimum absolute atomic E-state index is 0.0102. The zero-order valence-corrected chi connectivity index (χ0v) is 14.8. The van der Waals surface area contributed by atoms with Crippen molar-refractivity contribution in [1.29, 1.82) is 0 Å². The monoisotopic (exact) mass is 358 g/mol. The van der Waals surface area contributed by atoms with E-state index < -0.39 is 0 Å². The number of nitrogens with zero attached hydrogens (tertiary/aromatic N) is 3. The number of anilines is 1. The topological polar surface area (TPSA) is 68.7 Å². The van der Waals surface area contributed by atoms with Gasteiger partial charge in [0.15, 0.2) is 0 Å². The Kier molecular flexibility index (Phi) is 4.48. The highest BCUT2D eigenvalue weighted by molar-refractivity contribution is 7.09. The minimum atomic E-state index is -0.0102. The van der Waals surface area contributed by atoms with Crippen molar-refractivity contribution in [2.45, 2.75) is 18.9 Å². The van der Waals surface area contributed by atoms with Crippen molar-refractivity contribution in [2.24, 2.45) is 5.92 Å². The third-order valence-electron chi connectivity index (χ3n) is 4.88. The van der Waals surface area contributed by atoms with Gasteiger partial charge in [0.1, 0.15) is 10.8 Å². The molecule has 1 aliphatic heterocycles. The number of hydrogen-bond acceptors (Lipinski definition) is 5. The van der Waals surface area contributed by atoms with Gasteiger partial charge in [-0.25, -0.2) is 9.78 Å². The molecule has 2 N–H and O–H groups in total. The van der Waals surface area contributed by atoms with Crippen LogP contribution in [0.15, 0.2) is 35.8 Å². The summed E-state index contributed by atoms with van der Waals surface area (Å²) in [6.07, 6.45) is 4.11. The molecule has 2 heterocycles. The zero-order chi connectivity index (χ0) is 17.2. The molecule has 2 aromatic rings. The molecule has 1 atom stereocenters. The van der Waals surface area contributed by atoms with Crippen LogP contribution in [-0.4, -0.2) is 47.2 Å². The number of benzene rings is 1. The van der Waals surface area contributed by atoms with E-state index in [0.29, 0.717) is 19.0 Å². The molecule has 1 unspecified atom stereocenters. The molecule has 1 aromatic heterocycles. The van der Waals surface area contributed by atoms with Crippen molar-refractivity contribution in [2.75, 3.05) is 31.1 Å². The number of para-hydroxylation sites is 2. The Bertz CT molecular complexity index is 724. The van der Waals surface area contributed by atoms with Gasteiger partial charge in [-0.1, -0.05) is 12.1 Å². The zero-order valence-electron chi connectivity index (χ0n) is 14.0. The van der Waals surface area contributed by atoms with Crippen LogP contribution in [-0.2, 0) is 0 Å². The second-order valence-electron chi connectivity index (χ2n) is 6.60. The fourth-order valence-electron chi connectivity index (χ4n) is 3.31. The number of phenolic OH excluding ortho intramolecular Hbond substituents is 1. The van der Waals surface area contributed by atoms with Crippen molar-refractivity contribution in [3.8, 4) is 5.75 Å². The molecule has 7 heteroatoms. The molecule has 0 spiro atoms. The number of phenols is 1. The second kappa shape index (κ2) is 6.92.